The highest BCUT2D eigenvalue weighted by Crippen LogP contribution is 2.19. The van der Waals surface area contributed by atoms with Crippen LogP contribution in [0.1, 0.15) is 22.3 Å². The molecule has 0 aliphatic heterocycles. The van der Waals surface area contributed by atoms with Crippen LogP contribution in [-0.2, 0) is 0 Å². The summed E-state index contributed by atoms with van der Waals surface area (Å²) in [7, 11) is 0. The maximum Gasteiger partial charge on any atom is 0.139 e. The van der Waals surface area contributed by atoms with Crippen molar-refractivity contribution < 1.29 is 30.6 Å². The average Bonchev–Trinajstić information content (AvgIpc) is 2.67. The van der Waals surface area contributed by atoms with Crippen LogP contribution in [0.15, 0.2) is 60.0 Å². The van der Waals surface area contributed by atoms with Gasteiger partial charge in [0.1, 0.15) is 35.9 Å². The van der Waals surface area contributed by atoms with Crippen molar-refractivity contribution in [2.24, 2.45) is 0 Å². The predicted molar refractivity (Wildman–Crippen MR) is 108 cm³/mol. The van der Waals surface area contributed by atoms with Gasteiger partial charge in [0.05, 0.1) is 0 Å². The minimum absolute atomic E-state index is 0.574. The third-order valence-corrected chi connectivity index (χ3v) is 4.45. The molecule has 0 spiro atoms. The molecule has 6 N–H and O–H groups in total. The molecule has 2 rings (SSSR count). The summed E-state index contributed by atoms with van der Waals surface area (Å²) in [6.07, 6.45) is -5.03. The van der Waals surface area contributed by atoms with Crippen LogP contribution < -0.4 is 0 Å². The van der Waals surface area contributed by atoms with Gasteiger partial charge in [-0.25, -0.2) is 0 Å². The van der Waals surface area contributed by atoms with Gasteiger partial charge >= 0.3 is 0 Å². The molecule has 0 amide bonds. The summed E-state index contributed by atoms with van der Waals surface area (Å²) >= 11 is 0. The van der Waals surface area contributed by atoms with Crippen LogP contribution in [0.5, 0.6) is 0 Å². The Labute approximate surface area is 164 Å². The Balaban J connectivity index is 2.13. The molecular weight excluding hydrogens is 360 g/mol. The normalized spacial score (nSPS) is 17.1. The molecule has 6 nitrogen and oxygen atoms in total. The van der Waals surface area contributed by atoms with Crippen molar-refractivity contribution in [2.75, 3.05) is 0 Å². The summed E-state index contributed by atoms with van der Waals surface area (Å²) in [5.41, 5.74) is 3.01. The van der Waals surface area contributed by atoms with Crippen LogP contribution in [0.25, 0.3) is 12.2 Å². The zero-order chi connectivity index (χ0) is 20.8. The van der Waals surface area contributed by atoms with Gasteiger partial charge < -0.3 is 30.6 Å². The van der Waals surface area contributed by atoms with E-state index in [1.54, 1.807) is 30.3 Å². The van der Waals surface area contributed by atoms with Crippen molar-refractivity contribution in [2.45, 2.75) is 38.3 Å². The third-order valence-electron chi connectivity index (χ3n) is 4.45. The fraction of sp³-hybridized carbons (Fsp3) is 0.273. The van der Waals surface area contributed by atoms with Gasteiger partial charge in [0, 0.05) is 0 Å². The largest absolute Gasteiger partial charge is 0.509 e. The topological polar surface area (TPSA) is 121 Å². The molecule has 0 fully saturated rings. The lowest BCUT2D eigenvalue weighted by molar-refractivity contribution is -0.0996. The van der Waals surface area contributed by atoms with E-state index in [4.69, 9.17) is 0 Å². The van der Waals surface area contributed by atoms with E-state index in [2.05, 4.69) is 0 Å². The standard InChI is InChI=1S/C22H26O6/c1-13-6-5-8-15(10-13)11-17(23)19(25)21(27)22(28)20(26)18(24)12-16-9-4-3-7-14(16)2/h3-12,19-28H,1-2H3/t19-,20+,21-,22-/m1/s1. The summed E-state index contributed by atoms with van der Waals surface area (Å²) in [6, 6.07) is 14.2. The Bertz CT molecular complexity index is 858. The lowest BCUT2D eigenvalue weighted by atomic mass is 9.98. The van der Waals surface area contributed by atoms with Crippen LogP contribution in [0.4, 0.5) is 0 Å². The van der Waals surface area contributed by atoms with Crippen LogP contribution in [0.2, 0.25) is 0 Å². The number of aryl methyl sites for hydroxylation is 2. The van der Waals surface area contributed by atoms with Crippen molar-refractivity contribution in [1.29, 1.82) is 0 Å². The first-order chi connectivity index (χ1) is 13.2. The predicted octanol–water partition coefficient (Wildman–Crippen LogP) is 2.25. The molecule has 6 heteroatoms. The summed E-state index contributed by atoms with van der Waals surface area (Å²) in [6.45, 7) is 3.68. The second kappa shape index (κ2) is 9.52. The number of rotatable bonds is 7. The molecule has 0 aromatic heterocycles. The molecule has 2 aromatic rings. The molecule has 0 heterocycles. The minimum atomic E-state index is -1.93. The average molecular weight is 386 g/mol. The van der Waals surface area contributed by atoms with Crippen molar-refractivity contribution in [3.05, 3.63) is 82.3 Å². The SMILES string of the molecule is Cc1cccc(C=C(O)[C@@H](O)[C@@H](O)[C@H](O)[C@@H](O)C(O)=Cc2ccccc2C)c1. The molecule has 0 radical (unpaired) electrons. The van der Waals surface area contributed by atoms with Gasteiger partial charge in [-0.1, -0.05) is 54.1 Å². The maximum absolute atomic E-state index is 10.1. The quantitative estimate of drug-likeness (QED) is 0.406. The maximum atomic E-state index is 10.1. The highest BCUT2D eigenvalue weighted by atomic mass is 16.4. The molecular formula is C22H26O6. The molecule has 0 saturated carbocycles. The van der Waals surface area contributed by atoms with Gasteiger partial charge in [-0.2, -0.15) is 0 Å². The minimum Gasteiger partial charge on any atom is -0.509 e. The second-order valence-electron chi connectivity index (χ2n) is 6.78. The first kappa shape index (κ1) is 21.7. The van der Waals surface area contributed by atoms with Gasteiger partial charge in [-0.05, 0) is 42.7 Å². The molecule has 0 saturated heterocycles. The third kappa shape index (κ3) is 5.43. The van der Waals surface area contributed by atoms with E-state index in [9.17, 15) is 30.6 Å². The van der Waals surface area contributed by atoms with Crippen molar-refractivity contribution in [3.63, 3.8) is 0 Å². The summed E-state index contributed by atoms with van der Waals surface area (Å²) in [5.74, 6) is -1.15. The summed E-state index contributed by atoms with van der Waals surface area (Å²) in [4.78, 5) is 0. The zero-order valence-electron chi connectivity index (χ0n) is 15.8. The van der Waals surface area contributed by atoms with Gasteiger partial charge in [-0.15, -0.1) is 0 Å². The van der Waals surface area contributed by atoms with Crippen LogP contribution in [0, 0.1) is 13.8 Å². The number of aliphatic hydroxyl groups excluding tert-OH is 6. The lowest BCUT2D eigenvalue weighted by Gasteiger charge is -2.26. The van der Waals surface area contributed by atoms with Crippen LogP contribution in [0.3, 0.4) is 0 Å². The fourth-order valence-corrected chi connectivity index (χ4v) is 2.73. The number of hydrogen-bond donors (Lipinski definition) is 6. The molecule has 150 valence electrons. The van der Waals surface area contributed by atoms with Crippen LogP contribution >= 0.6 is 0 Å². The highest BCUT2D eigenvalue weighted by Gasteiger charge is 2.34. The van der Waals surface area contributed by atoms with Crippen LogP contribution in [-0.4, -0.2) is 55.1 Å². The van der Waals surface area contributed by atoms with E-state index in [1.807, 2.05) is 32.0 Å². The first-order valence-corrected chi connectivity index (χ1v) is 8.86. The molecule has 4 atom stereocenters. The molecule has 28 heavy (non-hydrogen) atoms. The monoisotopic (exact) mass is 386 g/mol. The van der Waals surface area contributed by atoms with E-state index >= 15 is 0 Å². The number of hydrogen-bond acceptors (Lipinski definition) is 6. The zero-order valence-corrected chi connectivity index (χ0v) is 15.8. The molecule has 2 aromatic carbocycles. The van der Waals surface area contributed by atoms with E-state index in [1.165, 1.54) is 12.2 Å². The number of aliphatic hydroxyl groups is 6. The summed E-state index contributed by atoms with van der Waals surface area (Å²) < 4.78 is 0. The molecule has 0 unspecified atom stereocenters. The Morgan fingerprint density at radius 3 is 1.89 bits per heavy atom. The molecule has 0 bridgehead atoms. The van der Waals surface area contributed by atoms with E-state index in [0.29, 0.717) is 11.1 Å². The number of benzene rings is 2. The van der Waals surface area contributed by atoms with Crippen molar-refractivity contribution in [3.8, 4) is 0 Å². The first-order valence-electron chi connectivity index (χ1n) is 8.86. The second-order valence-corrected chi connectivity index (χ2v) is 6.78. The van der Waals surface area contributed by atoms with E-state index in [-0.39, 0.29) is 0 Å². The lowest BCUT2D eigenvalue weighted by Crippen LogP contribution is -2.45. The Morgan fingerprint density at radius 2 is 1.32 bits per heavy atom. The summed E-state index contributed by atoms with van der Waals surface area (Å²) in [5, 5.41) is 60.6. The Hall–Kier alpha value is -2.64. The van der Waals surface area contributed by atoms with Crippen molar-refractivity contribution >= 4 is 12.2 Å². The highest BCUT2D eigenvalue weighted by molar-refractivity contribution is 5.56. The van der Waals surface area contributed by atoms with Crippen molar-refractivity contribution in [1.82, 2.24) is 0 Å². The Kier molecular flexibility index (Phi) is 7.37. The van der Waals surface area contributed by atoms with Gasteiger partial charge in [-0.3, -0.25) is 0 Å². The van der Waals surface area contributed by atoms with Gasteiger partial charge in [0.25, 0.3) is 0 Å². The van der Waals surface area contributed by atoms with Gasteiger partial charge in [0.15, 0.2) is 0 Å². The molecule has 0 aliphatic rings. The molecule has 0 aliphatic carbocycles. The Morgan fingerprint density at radius 1 is 0.750 bits per heavy atom. The fourth-order valence-electron chi connectivity index (χ4n) is 2.73. The smallest absolute Gasteiger partial charge is 0.139 e. The van der Waals surface area contributed by atoms with E-state index < -0.39 is 35.9 Å². The van der Waals surface area contributed by atoms with Gasteiger partial charge in [0.2, 0.25) is 0 Å². The van der Waals surface area contributed by atoms with E-state index in [0.717, 1.165) is 11.1 Å².